The summed E-state index contributed by atoms with van der Waals surface area (Å²) < 4.78 is 11.6. The second-order valence-corrected chi connectivity index (χ2v) is 6.48. The van der Waals surface area contributed by atoms with E-state index in [4.69, 9.17) is 9.47 Å². The number of amides is 1. The number of esters is 1. The minimum atomic E-state index is -0.682. The maximum absolute atomic E-state index is 12.0. The second-order valence-electron chi connectivity index (χ2n) is 6.48. The molecule has 10 heteroatoms. The van der Waals surface area contributed by atoms with Gasteiger partial charge in [0.1, 0.15) is 11.4 Å². The number of anilines is 1. The van der Waals surface area contributed by atoms with Crippen molar-refractivity contribution in [1.29, 1.82) is 0 Å². The molecule has 31 heavy (non-hydrogen) atoms. The quantitative estimate of drug-likeness (QED) is 0.318. The first kappa shape index (κ1) is 21.5. The lowest BCUT2D eigenvalue weighted by molar-refractivity contribution is -0.384. The fourth-order valence-corrected chi connectivity index (χ4v) is 2.76. The van der Waals surface area contributed by atoms with Crippen molar-refractivity contribution in [3.05, 3.63) is 76.6 Å². The molecule has 0 aliphatic carbocycles. The molecule has 1 amide bonds. The molecule has 0 atom stereocenters. The van der Waals surface area contributed by atoms with E-state index in [2.05, 4.69) is 10.4 Å². The SMILES string of the molecule is COc1ccc(NC(=O)COC(=O)CCc2cnn(-c3ccccc3)c2)c([N+](=O)[O-])c1. The number of nitro groups is 1. The van der Waals surface area contributed by atoms with Gasteiger partial charge in [-0.15, -0.1) is 0 Å². The first-order chi connectivity index (χ1) is 15.0. The van der Waals surface area contributed by atoms with Crippen LogP contribution in [0.1, 0.15) is 12.0 Å². The number of aryl methyl sites for hydroxylation is 1. The number of carbonyl (C=O) groups excluding carboxylic acids is 2. The van der Waals surface area contributed by atoms with E-state index in [1.54, 1.807) is 10.9 Å². The molecule has 10 nitrogen and oxygen atoms in total. The molecular formula is C21H20N4O6. The average molecular weight is 424 g/mol. The van der Waals surface area contributed by atoms with Gasteiger partial charge in [-0.3, -0.25) is 19.7 Å². The molecule has 3 aromatic rings. The summed E-state index contributed by atoms with van der Waals surface area (Å²) in [4.78, 5) is 34.5. The summed E-state index contributed by atoms with van der Waals surface area (Å²) in [7, 11) is 1.38. The Kier molecular flexibility index (Phi) is 6.94. The third kappa shape index (κ3) is 5.89. The number of nitrogens with one attached hydrogen (secondary N) is 1. The van der Waals surface area contributed by atoms with E-state index in [1.807, 2.05) is 36.5 Å². The Labute approximate surface area is 177 Å². The number of nitro benzene ring substituents is 1. The number of methoxy groups -OCH3 is 1. The van der Waals surface area contributed by atoms with Gasteiger partial charge in [-0.25, -0.2) is 4.68 Å². The van der Waals surface area contributed by atoms with Crippen LogP contribution in [0, 0.1) is 10.1 Å². The molecule has 1 heterocycles. The van der Waals surface area contributed by atoms with Crippen LogP contribution in [0.4, 0.5) is 11.4 Å². The number of hydrogen-bond acceptors (Lipinski definition) is 7. The Morgan fingerprint density at radius 3 is 2.68 bits per heavy atom. The maximum atomic E-state index is 12.0. The number of para-hydroxylation sites is 1. The van der Waals surface area contributed by atoms with E-state index in [1.165, 1.54) is 25.3 Å². The molecule has 2 aromatic carbocycles. The zero-order chi connectivity index (χ0) is 22.2. The second kappa shape index (κ2) is 10.0. The van der Waals surface area contributed by atoms with Crippen LogP contribution in [0.3, 0.4) is 0 Å². The number of hydrogen-bond donors (Lipinski definition) is 1. The van der Waals surface area contributed by atoms with Crippen molar-refractivity contribution in [3.63, 3.8) is 0 Å². The smallest absolute Gasteiger partial charge is 0.306 e. The summed E-state index contributed by atoms with van der Waals surface area (Å²) in [6, 6.07) is 13.6. The third-order valence-corrected chi connectivity index (χ3v) is 4.31. The third-order valence-electron chi connectivity index (χ3n) is 4.31. The molecule has 0 radical (unpaired) electrons. The number of aromatic nitrogens is 2. The number of carbonyl (C=O) groups is 2. The van der Waals surface area contributed by atoms with Crippen molar-refractivity contribution in [3.8, 4) is 11.4 Å². The van der Waals surface area contributed by atoms with Crippen molar-refractivity contribution < 1.29 is 24.0 Å². The fraction of sp³-hybridized carbons (Fsp3) is 0.190. The van der Waals surface area contributed by atoms with E-state index >= 15 is 0 Å². The van der Waals surface area contributed by atoms with E-state index in [9.17, 15) is 19.7 Å². The van der Waals surface area contributed by atoms with Gasteiger partial charge in [0.15, 0.2) is 6.61 Å². The molecule has 1 N–H and O–H groups in total. The van der Waals surface area contributed by atoms with Gasteiger partial charge in [-0.2, -0.15) is 5.10 Å². The zero-order valence-electron chi connectivity index (χ0n) is 16.7. The summed E-state index contributed by atoms with van der Waals surface area (Å²) in [5, 5.41) is 17.8. The molecule has 0 fully saturated rings. The van der Waals surface area contributed by atoms with Crippen molar-refractivity contribution in [2.75, 3.05) is 19.0 Å². The van der Waals surface area contributed by atoms with Crippen LogP contribution in [0.2, 0.25) is 0 Å². The molecule has 0 saturated carbocycles. The van der Waals surface area contributed by atoms with Gasteiger partial charge in [0, 0.05) is 12.6 Å². The lowest BCUT2D eigenvalue weighted by atomic mass is 10.2. The van der Waals surface area contributed by atoms with E-state index in [0.717, 1.165) is 11.3 Å². The van der Waals surface area contributed by atoms with Crippen molar-refractivity contribution >= 4 is 23.3 Å². The normalized spacial score (nSPS) is 10.4. The topological polar surface area (TPSA) is 126 Å². The summed E-state index contributed by atoms with van der Waals surface area (Å²) in [5.41, 5.74) is 1.41. The van der Waals surface area contributed by atoms with E-state index in [0.29, 0.717) is 6.42 Å². The van der Waals surface area contributed by atoms with Crippen molar-refractivity contribution in [2.24, 2.45) is 0 Å². The van der Waals surface area contributed by atoms with E-state index in [-0.39, 0.29) is 23.5 Å². The molecule has 0 aliphatic heterocycles. The lowest BCUT2D eigenvalue weighted by Gasteiger charge is -2.08. The van der Waals surface area contributed by atoms with Crippen LogP contribution >= 0.6 is 0 Å². The predicted molar refractivity (Wildman–Crippen MR) is 111 cm³/mol. The highest BCUT2D eigenvalue weighted by molar-refractivity contribution is 5.95. The van der Waals surface area contributed by atoms with Gasteiger partial charge >= 0.3 is 5.97 Å². The standard InChI is InChI=1S/C21H20N4O6/c1-30-17-8-9-18(19(11-17)25(28)29)23-20(26)14-31-21(27)10-7-15-12-22-24(13-15)16-5-3-2-4-6-16/h2-6,8-9,11-13H,7,10,14H2,1H3,(H,23,26). The molecule has 0 saturated heterocycles. The fourth-order valence-electron chi connectivity index (χ4n) is 2.76. The highest BCUT2D eigenvalue weighted by Gasteiger charge is 2.18. The Balaban J connectivity index is 1.47. The molecular weight excluding hydrogens is 404 g/mol. The first-order valence-electron chi connectivity index (χ1n) is 9.33. The average Bonchev–Trinajstić information content (AvgIpc) is 3.26. The van der Waals surface area contributed by atoms with Crippen molar-refractivity contribution in [1.82, 2.24) is 9.78 Å². The zero-order valence-corrected chi connectivity index (χ0v) is 16.7. The number of nitrogens with zero attached hydrogens (tertiary/aromatic N) is 3. The summed E-state index contributed by atoms with van der Waals surface area (Å²) >= 11 is 0. The van der Waals surface area contributed by atoms with Gasteiger partial charge in [0.2, 0.25) is 0 Å². The van der Waals surface area contributed by atoms with Crippen LogP contribution in [0.15, 0.2) is 60.9 Å². The predicted octanol–water partition coefficient (Wildman–Crippen LogP) is 2.90. The number of rotatable bonds is 9. The largest absolute Gasteiger partial charge is 0.496 e. The Hall–Kier alpha value is -4.21. The minimum absolute atomic E-state index is 0.0137. The van der Waals surface area contributed by atoms with Crippen LogP contribution in [-0.4, -0.2) is 40.3 Å². The Morgan fingerprint density at radius 2 is 1.97 bits per heavy atom. The van der Waals surface area contributed by atoms with Crippen LogP contribution in [0.25, 0.3) is 5.69 Å². The molecule has 0 unspecified atom stereocenters. The molecule has 0 aliphatic rings. The van der Waals surface area contributed by atoms with Crippen molar-refractivity contribution in [2.45, 2.75) is 12.8 Å². The Morgan fingerprint density at radius 1 is 1.19 bits per heavy atom. The lowest BCUT2D eigenvalue weighted by Crippen LogP contribution is -2.21. The molecule has 160 valence electrons. The Bertz CT molecular complexity index is 1080. The number of ether oxygens (including phenoxy) is 2. The molecule has 0 spiro atoms. The highest BCUT2D eigenvalue weighted by atomic mass is 16.6. The van der Waals surface area contributed by atoms with Crippen LogP contribution in [0.5, 0.6) is 5.75 Å². The molecule has 1 aromatic heterocycles. The maximum Gasteiger partial charge on any atom is 0.306 e. The van der Waals surface area contributed by atoms with Gasteiger partial charge in [0.25, 0.3) is 11.6 Å². The molecule has 0 bridgehead atoms. The summed E-state index contributed by atoms with van der Waals surface area (Å²) in [5.74, 6) is -0.961. The van der Waals surface area contributed by atoms with Gasteiger partial charge in [-0.05, 0) is 36.2 Å². The highest BCUT2D eigenvalue weighted by Crippen LogP contribution is 2.28. The first-order valence-corrected chi connectivity index (χ1v) is 9.33. The number of benzene rings is 2. The van der Waals surface area contributed by atoms with Gasteiger partial charge in [-0.1, -0.05) is 18.2 Å². The van der Waals surface area contributed by atoms with Crippen LogP contribution in [-0.2, 0) is 20.7 Å². The summed E-state index contributed by atoms with van der Waals surface area (Å²) in [6.07, 6.45) is 3.95. The van der Waals surface area contributed by atoms with Gasteiger partial charge in [0.05, 0.1) is 30.0 Å². The van der Waals surface area contributed by atoms with Crippen LogP contribution < -0.4 is 10.1 Å². The monoisotopic (exact) mass is 424 g/mol. The summed E-state index contributed by atoms with van der Waals surface area (Å²) in [6.45, 7) is -0.550. The molecule has 3 rings (SSSR count). The minimum Gasteiger partial charge on any atom is -0.496 e. The van der Waals surface area contributed by atoms with E-state index < -0.39 is 23.4 Å². The van der Waals surface area contributed by atoms with Gasteiger partial charge < -0.3 is 14.8 Å².